The monoisotopic (exact) mass is 208 g/mol. The maximum absolute atomic E-state index is 11.0. The molecule has 2 aliphatic rings. The summed E-state index contributed by atoms with van der Waals surface area (Å²) in [6.45, 7) is 0.451. The fourth-order valence-corrected chi connectivity index (χ4v) is 1.28. The molecule has 0 bridgehead atoms. The van der Waals surface area contributed by atoms with Gasteiger partial charge < -0.3 is 21.1 Å². The average Bonchev–Trinajstić information content (AvgIpc) is 2.62. The Kier molecular flexibility index (Phi) is 1.93. The van der Waals surface area contributed by atoms with Crippen LogP contribution < -0.4 is 11.5 Å². The number of ether oxygens (including phenoxy) is 1. The second-order valence-corrected chi connectivity index (χ2v) is 2.94. The standard InChI is InChI=1S/C8H8N4O3/c9-6(13)4-3-12-2-1-11-8(12)5(15-4)7(10)14/h1,3H,2H2,(H2,9,13)(H2,10,14). The van der Waals surface area contributed by atoms with Crippen LogP contribution in [0.15, 0.2) is 28.5 Å². The number of hydrogen-bond acceptors (Lipinski definition) is 5. The summed E-state index contributed by atoms with van der Waals surface area (Å²) in [6, 6.07) is 0. The molecule has 0 spiro atoms. The molecule has 0 aromatic heterocycles. The van der Waals surface area contributed by atoms with Crippen LogP contribution in [-0.2, 0) is 14.3 Å². The SMILES string of the molecule is NC(=O)C1=CN2CC=NC2=C(C(N)=O)O1. The molecule has 0 saturated carbocycles. The molecule has 0 aromatic carbocycles. The van der Waals surface area contributed by atoms with E-state index in [2.05, 4.69) is 4.99 Å². The zero-order valence-electron chi connectivity index (χ0n) is 7.64. The van der Waals surface area contributed by atoms with E-state index >= 15 is 0 Å². The predicted molar refractivity (Wildman–Crippen MR) is 49.8 cm³/mol. The number of rotatable bonds is 2. The third-order valence-electron chi connectivity index (χ3n) is 1.92. The van der Waals surface area contributed by atoms with Gasteiger partial charge in [-0.15, -0.1) is 0 Å². The molecule has 15 heavy (non-hydrogen) atoms. The third-order valence-corrected chi connectivity index (χ3v) is 1.92. The molecule has 0 fully saturated rings. The molecule has 7 heteroatoms. The van der Waals surface area contributed by atoms with E-state index in [0.717, 1.165) is 0 Å². The molecule has 0 unspecified atom stereocenters. The molecule has 0 saturated heterocycles. The van der Waals surface area contributed by atoms with Gasteiger partial charge in [-0.3, -0.25) is 9.59 Å². The first-order valence-electron chi connectivity index (χ1n) is 4.12. The fourth-order valence-electron chi connectivity index (χ4n) is 1.28. The molecule has 0 radical (unpaired) electrons. The van der Waals surface area contributed by atoms with E-state index in [1.54, 1.807) is 11.1 Å². The summed E-state index contributed by atoms with van der Waals surface area (Å²) in [6.07, 6.45) is 2.96. The van der Waals surface area contributed by atoms with Crippen molar-refractivity contribution in [2.24, 2.45) is 16.5 Å². The number of carbonyl (C=O) groups excluding carboxylic acids is 2. The first kappa shape index (κ1) is 9.25. The summed E-state index contributed by atoms with van der Waals surface area (Å²) in [5.41, 5.74) is 10.1. The Morgan fingerprint density at radius 3 is 2.73 bits per heavy atom. The molecule has 2 rings (SSSR count). The summed E-state index contributed by atoms with van der Waals surface area (Å²) in [7, 11) is 0. The molecule has 0 atom stereocenters. The van der Waals surface area contributed by atoms with Gasteiger partial charge in [0.25, 0.3) is 11.8 Å². The van der Waals surface area contributed by atoms with Gasteiger partial charge in [-0.1, -0.05) is 0 Å². The highest BCUT2D eigenvalue weighted by Gasteiger charge is 2.29. The normalized spacial score (nSPS) is 18.4. The Bertz CT molecular complexity index is 435. The summed E-state index contributed by atoms with van der Waals surface area (Å²) < 4.78 is 4.96. The van der Waals surface area contributed by atoms with Crippen LogP contribution in [0, 0.1) is 0 Å². The lowest BCUT2D eigenvalue weighted by atomic mass is 10.3. The minimum Gasteiger partial charge on any atom is -0.440 e. The molecule has 0 aliphatic carbocycles. The molecule has 4 N–H and O–H groups in total. The van der Waals surface area contributed by atoms with E-state index in [1.165, 1.54) is 6.20 Å². The zero-order chi connectivity index (χ0) is 11.0. The lowest BCUT2D eigenvalue weighted by Gasteiger charge is -2.22. The largest absolute Gasteiger partial charge is 0.440 e. The summed E-state index contributed by atoms with van der Waals surface area (Å²) in [5.74, 6) is -1.55. The smallest absolute Gasteiger partial charge is 0.288 e. The Morgan fingerprint density at radius 1 is 1.40 bits per heavy atom. The topological polar surface area (TPSA) is 111 Å². The van der Waals surface area contributed by atoms with Crippen LogP contribution in [0.2, 0.25) is 0 Å². The highest BCUT2D eigenvalue weighted by molar-refractivity contribution is 5.95. The molecular weight excluding hydrogens is 200 g/mol. The molecular formula is C8H8N4O3. The lowest BCUT2D eigenvalue weighted by molar-refractivity contribution is -0.120. The summed E-state index contributed by atoms with van der Waals surface area (Å²) >= 11 is 0. The number of nitrogens with two attached hydrogens (primary N) is 2. The quantitative estimate of drug-likeness (QED) is 0.568. The molecule has 2 aliphatic heterocycles. The van der Waals surface area contributed by atoms with E-state index in [0.29, 0.717) is 12.4 Å². The highest BCUT2D eigenvalue weighted by atomic mass is 16.5. The number of amides is 2. The number of hydrogen-bond donors (Lipinski definition) is 2. The molecule has 0 aromatic rings. The van der Waals surface area contributed by atoms with Crippen molar-refractivity contribution >= 4 is 18.0 Å². The van der Waals surface area contributed by atoms with Crippen molar-refractivity contribution in [3.8, 4) is 0 Å². The van der Waals surface area contributed by atoms with E-state index in [9.17, 15) is 9.59 Å². The van der Waals surface area contributed by atoms with Crippen molar-refractivity contribution in [1.82, 2.24) is 4.90 Å². The van der Waals surface area contributed by atoms with Crippen molar-refractivity contribution in [3.05, 3.63) is 23.5 Å². The Morgan fingerprint density at radius 2 is 2.13 bits per heavy atom. The summed E-state index contributed by atoms with van der Waals surface area (Å²) in [5, 5.41) is 0. The molecule has 2 heterocycles. The Hall–Kier alpha value is -2.31. The van der Waals surface area contributed by atoms with E-state index in [1.807, 2.05) is 0 Å². The fraction of sp³-hybridized carbons (Fsp3) is 0.125. The first-order chi connectivity index (χ1) is 7.09. The third kappa shape index (κ3) is 1.43. The van der Waals surface area contributed by atoms with E-state index in [-0.39, 0.29) is 11.5 Å². The second-order valence-electron chi connectivity index (χ2n) is 2.94. The van der Waals surface area contributed by atoms with Crippen LogP contribution in [0.5, 0.6) is 0 Å². The van der Waals surface area contributed by atoms with Crippen molar-refractivity contribution in [2.75, 3.05) is 6.54 Å². The van der Waals surface area contributed by atoms with E-state index < -0.39 is 11.8 Å². The van der Waals surface area contributed by atoms with Crippen LogP contribution in [0.1, 0.15) is 0 Å². The van der Waals surface area contributed by atoms with Gasteiger partial charge in [0, 0.05) is 6.21 Å². The molecule has 78 valence electrons. The van der Waals surface area contributed by atoms with Gasteiger partial charge in [-0.2, -0.15) is 0 Å². The minimum absolute atomic E-state index is 0.127. The van der Waals surface area contributed by atoms with Gasteiger partial charge in [0.1, 0.15) is 0 Å². The summed E-state index contributed by atoms with van der Waals surface area (Å²) in [4.78, 5) is 27.4. The van der Waals surface area contributed by atoms with Crippen LogP contribution >= 0.6 is 0 Å². The van der Waals surface area contributed by atoms with Crippen molar-refractivity contribution in [2.45, 2.75) is 0 Å². The van der Waals surface area contributed by atoms with Gasteiger partial charge in [0.2, 0.25) is 11.5 Å². The Labute approximate surface area is 84.7 Å². The second kappa shape index (κ2) is 3.12. The van der Waals surface area contributed by atoms with Crippen molar-refractivity contribution < 1.29 is 14.3 Å². The predicted octanol–water partition coefficient (Wildman–Crippen LogP) is -1.62. The van der Waals surface area contributed by atoms with Crippen LogP contribution in [0.3, 0.4) is 0 Å². The number of nitrogens with zero attached hydrogens (tertiary/aromatic N) is 2. The molecule has 2 amide bonds. The van der Waals surface area contributed by atoms with Gasteiger partial charge in [-0.05, 0) is 0 Å². The maximum Gasteiger partial charge on any atom is 0.288 e. The van der Waals surface area contributed by atoms with Crippen LogP contribution in [0.4, 0.5) is 0 Å². The Balaban J connectivity index is 2.40. The maximum atomic E-state index is 11.0. The van der Waals surface area contributed by atoms with Gasteiger partial charge >= 0.3 is 0 Å². The minimum atomic E-state index is -0.791. The number of carbonyl (C=O) groups is 2. The van der Waals surface area contributed by atoms with Gasteiger partial charge in [0.15, 0.2) is 5.82 Å². The zero-order valence-corrected chi connectivity index (χ0v) is 7.64. The van der Waals surface area contributed by atoms with Crippen molar-refractivity contribution in [3.63, 3.8) is 0 Å². The van der Waals surface area contributed by atoms with Gasteiger partial charge in [-0.25, -0.2) is 4.99 Å². The average molecular weight is 208 g/mol. The number of fused-ring (bicyclic) bond motifs is 1. The first-order valence-corrected chi connectivity index (χ1v) is 4.12. The van der Waals surface area contributed by atoms with Crippen molar-refractivity contribution in [1.29, 1.82) is 0 Å². The van der Waals surface area contributed by atoms with Gasteiger partial charge in [0.05, 0.1) is 12.7 Å². The van der Waals surface area contributed by atoms with Crippen LogP contribution in [0.25, 0.3) is 0 Å². The molecule has 7 nitrogen and oxygen atoms in total. The van der Waals surface area contributed by atoms with Crippen LogP contribution in [-0.4, -0.2) is 29.5 Å². The lowest BCUT2D eigenvalue weighted by Crippen LogP contribution is -2.30. The highest BCUT2D eigenvalue weighted by Crippen LogP contribution is 2.25. The number of primary amides is 2. The van der Waals surface area contributed by atoms with E-state index in [4.69, 9.17) is 16.2 Å². The number of aliphatic imine (C=N–C) groups is 1.